The van der Waals surface area contributed by atoms with Crippen LogP contribution in [0.5, 0.6) is 0 Å². The standard InChI is InChI=1S/C14H26N2OS2/c1-7-17-14(2-8-19-12-14)11-13(1)15-3-4-16-5-9-18-10-6-16/h13,15H,1-12H2. The fourth-order valence-electron chi connectivity index (χ4n) is 3.32. The molecule has 0 radical (unpaired) electrons. The molecule has 0 bridgehead atoms. The Kier molecular flexibility index (Phi) is 5.37. The third kappa shape index (κ3) is 4.03. The highest BCUT2D eigenvalue weighted by atomic mass is 32.2. The maximum Gasteiger partial charge on any atom is 0.0795 e. The van der Waals surface area contributed by atoms with Gasteiger partial charge in [-0.05, 0) is 25.0 Å². The molecule has 0 aromatic carbocycles. The van der Waals surface area contributed by atoms with Crippen LogP contribution in [-0.2, 0) is 4.74 Å². The summed E-state index contributed by atoms with van der Waals surface area (Å²) in [4.78, 5) is 2.60. The van der Waals surface area contributed by atoms with E-state index < -0.39 is 0 Å². The van der Waals surface area contributed by atoms with Crippen molar-refractivity contribution in [1.82, 2.24) is 10.2 Å². The molecule has 0 aromatic rings. The van der Waals surface area contributed by atoms with Gasteiger partial charge >= 0.3 is 0 Å². The molecule has 0 aliphatic carbocycles. The maximum absolute atomic E-state index is 6.08. The highest BCUT2D eigenvalue weighted by Crippen LogP contribution is 2.38. The third-order valence-electron chi connectivity index (χ3n) is 4.52. The van der Waals surface area contributed by atoms with E-state index >= 15 is 0 Å². The van der Waals surface area contributed by atoms with Crippen LogP contribution in [-0.4, -0.2) is 72.3 Å². The summed E-state index contributed by atoms with van der Waals surface area (Å²) >= 11 is 4.16. The van der Waals surface area contributed by atoms with Gasteiger partial charge in [0.1, 0.15) is 0 Å². The van der Waals surface area contributed by atoms with Gasteiger partial charge in [-0.15, -0.1) is 0 Å². The molecule has 3 aliphatic rings. The Hall–Kier alpha value is 0.580. The van der Waals surface area contributed by atoms with Crippen LogP contribution in [0.1, 0.15) is 19.3 Å². The van der Waals surface area contributed by atoms with Crippen molar-refractivity contribution < 1.29 is 4.74 Å². The first-order valence-corrected chi connectivity index (χ1v) is 9.92. The van der Waals surface area contributed by atoms with E-state index in [-0.39, 0.29) is 5.60 Å². The lowest BCUT2D eigenvalue weighted by molar-refractivity contribution is -0.0701. The summed E-state index contributed by atoms with van der Waals surface area (Å²) in [6.45, 7) is 5.89. The molecular formula is C14H26N2OS2. The fourth-order valence-corrected chi connectivity index (χ4v) is 5.67. The molecule has 1 N–H and O–H groups in total. The number of nitrogens with zero attached hydrogens (tertiary/aromatic N) is 1. The van der Waals surface area contributed by atoms with Crippen molar-refractivity contribution in [1.29, 1.82) is 0 Å². The fraction of sp³-hybridized carbons (Fsp3) is 1.00. The van der Waals surface area contributed by atoms with Crippen LogP contribution < -0.4 is 5.32 Å². The zero-order valence-corrected chi connectivity index (χ0v) is 13.4. The lowest BCUT2D eigenvalue weighted by Gasteiger charge is -2.38. The summed E-state index contributed by atoms with van der Waals surface area (Å²) in [5, 5.41) is 3.78. The SMILES string of the molecule is C(CN1CCSCC1)NC1CCOC2(CCSC2)C1. The Morgan fingerprint density at radius 2 is 2.11 bits per heavy atom. The van der Waals surface area contributed by atoms with Gasteiger partial charge in [0.25, 0.3) is 0 Å². The molecule has 3 fully saturated rings. The first-order valence-electron chi connectivity index (χ1n) is 7.62. The Labute approximate surface area is 125 Å². The van der Waals surface area contributed by atoms with Crippen molar-refractivity contribution in [2.24, 2.45) is 0 Å². The van der Waals surface area contributed by atoms with Crippen LogP contribution in [0.3, 0.4) is 0 Å². The Morgan fingerprint density at radius 1 is 1.21 bits per heavy atom. The van der Waals surface area contributed by atoms with Crippen molar-refractivity contribution in [3.8, 4) is 0 Å². The van der Waals surface area contributed by atoms with Gasteiger partial charge in [0.2, 0.25) is 0 Å². The van der Waals surface area contributed by atoms with Crippen molar-refractivity contribution in [2.75, 3.05) is 55.8 Å². The van der Waals surface area contributed by atoms with Gasteiger partial charge in [-0.2, -0.15) is 23.5 Å². The van der Waals surface area contributed by atoms with Crippen LogP contribution in [0.2, 0.25) is 0 Å². The molecule has 3 heterocycles. The number of hydrogen-bond acceptors (Lipinski definition) is 5. The molecule has 19 heavy (non-hydrogen) atoms. The van der Waals surface area contributed by atoms with Crippen LogP contribution in [0.15, 0.2) is 0 Å². The Morgan fingerprint density at radius 3 is 2.89 bits per heavy atom. The highest BCUT2D eigenvalue weighted by Gasteiger charge is 2.40. The van der Waals surface area contributed by atoms with Crippen molar-refractivity contribution >= 4 is 23.5 Å². The zero-order valence-electron chi connectivity index (χ0n) is 11.7. The van der Waals surface area contributed by atoms with Gasteiger partial charge in [0.05, 0.1) is 5.60 Å². The lowest BCUT2D eigenvalue weighted by Crippen LogP contribution is -2.49. The molecule has 2 unspecified atom stereocenters. The summed E-state index contributed by atoms with van der Waals surface area (Å²) in [7, 11) is 0. The molecule has 1 spiro atoms. The van der Waals surface area contributed by atoms with Crippen LogP contribution in [0.4, 0.5) is 0 Å². The summed E-state index contributed by atoms with van der Waals surface area (Å²) < 4.78 is 6.08. The van der Waals surface area contributed by atoms with Gasteiger partial charge in [-0.3, -0.25) is 0 Å². The molecule has 110 valence electrons. The molecule has 3 rings (SSSR count). The number of nitrogens with one attached hydrogen (secondary N) is 1. The summed E-state index contributed by atoms with van der Waals surface area (Å²) in [5.74, 6) is 5.14. The first kappa shape index (κ1) is 14.5. The molecule has 0 aromatic heterocycles. The summed E-state index contributed by atoms with van der Waals surface area (Å²) in [6, 6.07) is 0.687. The maximum atomic E-state index is 6.08. The molecule has 3 saturated heterocycles. The Balaban J connectivity index is 1.37. The number of hydrogen-bond donors (Lipinski definition) is 1. The predicted molar refractivity (Wildman–Crippen MR) is 85.4 cm³/mol. The quantitative estimate of drug-likeness (QED) is 0.852. The van der Waals surface area contributed by atoms with Gasteiger partial charge in [-0.1, -0.05) is 0 Å². The normalized spacial score (nSPS) is 36.9. The topological polar surface area (TPSA) is 24.5 Å². The zero-order chi connectivity index (χ0) is 13.0. The van der Waals surface area contributed by atoms with Gasteiger partial charge in [0, 0.05) is 56.1 Å². The van der Waals surface area contributed by atoms with E-state index in [2.05, 4.69) is 33.7 Å². The molecule has 5 heteroatoms. The van der Waals surface area contributed by atoms with E-state index in [1.165, 1.54) is 61.9 Å². The van der Waals surface area contributed by atoms with E-state index in [0.717, 1.165) is 13.2 Å². The molecule has 0 amide bonds. The number of thioether (sulfide) groups is 2. The molecule has 0 saturated carbocycles. The summed E-state index contributed by atoms with van der Waals surface area (Å²) in [6.07, 6.45) is 3.69. The van der Waals surface area contributed by atoms with E-state index in [4.69, 9.17) is 4.74 Å². The first-order chi connectivity index (χ1) is 9.36. The van der Waals surface area contributed by atoms with Gasteiger partial charge in [0.15, 0.2) is 0 Å². The van der Waals surface area contributed by atoms with Crippen LogP contribution in [0, 0.1) is 0 Å². The van der Waals surface area contributed by atoms with Gasteiger partial charge in [-0.25, -0.2) is 0 Å². The number of ether oxygens (including phenoxy) is 1. The number of rotatable bonds is 4. The van der Waals surface area contributed by atoms with E-state index in [1.54, 1.807) is 0 Å². The van der Waals surface area contributed by atoms with Crippen molar-refractivity contribution in [3.05, 3.63) is 0 Å². The largest absolute Gasteiger partial charge is 0.374 e. The predicted octanol–water partition coefficient (Wildman–Crippen LogP) is 1.68. The van der Waals surface area contributed by atoms with Crippen LogP contribution in [0.25, 0.3) is 0 Å². The summed E-state index contributed by atoms with van der Waals surface area (Å²) in [5.41, 5.74) is 0.225. The average molecular weight is 303 g/mol. The van der Waals surface area contributed by atoms with E-state index in [1.807, 2.05) is 0 Å². The second-order valence-electron chi connectivity index (χ2n) is 5.93. The minimum absolute atomic E-state index is 0.225. The smallest absolute Gasteiger partial charge is 0.0795 e. The second-order valence-corrected chi connectivity index (χ2v) is 8.26. The molecular weight excluding hydrogens is 276 g/mol. The van der Waals surface area contributed by atoms with Crippen molar-refractivity contribution in [2.45, 2.75) is 30.9 Å². The minimum Gasteiger partial charge on any atom is -0.374 e. The minimum atomic E-state index is 0.225. The monoisotopic (exact) mass is 302 g/mol. The average Bonchev–Trinajstić information content (AvgIpc) is 2.88. The second kappa shape index (κ2) is 7.03. The van der Waals surface area contributed by atoms with Crippen molar-refractivity contribution in [3.63, 3.8) is 0 Å². The molecule has 3 aliphatic heterocycles. The molecule has 3 nitrogen and oxygen atoms in total. The third-order valence-corrected chi connectivity index (χ3v) is 6.69. The lowest BCUT2D eigenvalue weighted by atomic mass is 9.90. The van der Waals surface area contributed by atoms with Gasteiger partial charge < -0.3 is 15.0 Å². The van der Waals surface area contributed by atoms with Crippen LogP contribution >= 0.6 is 23.5 Å². The molecule has 2 atom stereocenters. The van der Waals surface area contributed by atoms with E-state index in [9.17, 15) is 0 Å². The van der Waals surface area contributed by atoms with E-state index in [0.29, 0.717) is 6.04 Å². The highest BCUT2D eigenvalue weighted by molar-refractivity contribution is 7.99. The Bertz CT molecular complexity index is 279.